The number of hydrogen-bond donors (Lipinski definition) is 1. The third kappa shape index (κ3) is 4.84. The SMILES string of the molecule is CCCCOc1ncc2nc(OC)n(CCCCC3CCCNC3)c2n1. The van der Waals surface area contributed by atoms with Crippen molar-refractivity contribution in [1.82, 2.24) is 24.8 Å². The van der Waals surface area contributed by atoms with Crippen LogP contribution in [0.5, 0.6) is 12.0 Å². The van der Waals surface area contributed by atoms with E-state index in [1.807, 2.05) is 4.57 Å². The second-order valence-corrected chi connectivity index (χ2v) is 7.02. The van der Waals surface area contributed by atoms with Crippen LogP contribution < -0.4 is 14.8 Å². The predicted octanol–water partition coefficient (Wildman–Crippen LogP) is 3.18. The highest BCUT2D eigenvalue weighted by Crippen LogP contribution is 2.23. The van der Waals surface area contributed by atoms with Crippen LogP contribution in [0.25, 0.3) is 11.2 Å². The Kier molecular flexibility index (Phi) is 7.05. The van der Waals surface area contributed by atoms with Gasteiger partial charge in [-0.3, -0.25) is 4.57 Å². The van der Waals surface area contributed by atoms with Gasteiger partial charge >= 0.3 is 6.01 Å². The number of imidazole rings is 1. The average molecular weight is 361 g/mol. The van der Waals surface area contributed by atoms with Gasteiger partial charge in [0.15, 0.2) is 5.65 Å². The molecule has 0 aromatic carbocycles. The molecule has 1 atom stereocenters. The highest BCUT2D eigenvalue weighted by atomic mass is 16.5. The zero-order valence-corrected chi connectivity index (χ0v) is 16.0. The van der Waals surface area contributed by atoms with Crippen molar-refractivity contribution in [1.29, 1.82) is 0 Å². The molecule has 1 saturated heterocycles. The number of hydrogen-bond acceptors (Lipinski definition) is 6. The number of nitrogens with zero attached hydrogens (tertiary/aromatic N) is 4. The maximum absolute atomic E-state index is 5.65. The van der Waals surface area contributed by atoms with Crippen molar-refractivity contribution >= 4 is 11.2 Å². The Morgan fingerprint density at radius 2 is 2.19 bits per heavy atom. The first-order chi connectivity index (χ1) is 12.8. The monoisotopic (exact) mass is 361 g/mol. The van der Waals surface area contributed by atoms with E-state index in [0.29, 0.717) is 18.6 Å². The van der Waals surface area contributed by atoms with E-state index in [1.54, 1.807) is 13.3 Å². The van der Waals surface area contributed by atoms with Crippen molar-refractivity contribution < 1.29 is 9.47 Å². The van der Waals surface area contributed by atoms with Crippen LogP contribution in [0.2, 0.25) is 0 Å². The first-order valence-electron chi connectivity index (χ1n) is 9.92. The van der Waals surface area contributed by atoms with Gasteiger partial charge in [-0.2, -0.15) is 9.97 Å². The number of aromatic nitrogens is 4. The van der Waals surface area contributed by atoms with E-state index < -0.39 is 0 Å². The average Bonchev–Trinajstić information content (AvgIpc) is 3.03. The summed E-state index contributed by atoms with van der Waals surface area (Å²) in [7, 11) is 1.65. The van der Waals surface area contributed by atoms with Gasteiger partial charge in [-0.05, 0) is 51.1 Å². The summed E-state index contributed by atoms with van der Waals surface area (Å²) in [6.07, 6.45) is 10.1. The summed E-state index contributed by atoms with van der Waals surface area (Å²) in [5.41, 5.74) is 1.55. The quantitative estimate of drug-likeness (QED) is 0.655. The minimum atomic E-state index is 0.419. The molecule has 0 bridgehead atoms. The number of methoxy groups -OCH3 is 1. The van der Waals surface area contributed by atoms with Crippen LogP contribution in [-0.4, -0.2) is 46.3 Å². The van der Waals surface area contributed by atoms with Gasteiger partial charge in [0.05, 0.1) is 19.9 Å². The van der Waals surface area contributed by atoms with E-state index in [-0.39, 0.29) is 0 Å². The summed E-state index contributed by atoms with van der Waals surface area (Å²) in [6, 6.07) is 1.02. The van der Waals surface area contributed by atoms with Gasteiger partial charge < -0.3 is 14.8 Å². The molecule has 7 heteroatoms. The summed E-state index contributed by atoms with van der Waals surface area (Å²) >= 11 is 0. The zero-order valence-electron chi connectivity index (χ0n) is 16.0. The Bertz CT molecular complexity index is 682. The van der Waals surface area contributed by atoms with Crippen molar-refractivity contribution in [2.45, 2.75) is 58.4 Å². The molecule has 0 spiro atoms. The lowest BCUT2D eigenvalue weighted by atomic mass is 9.94. The highest BCUT2D eigenvalue weighted by Gasteiger charge is 2.15. The van der Waals surface area contributed by atoms with Gasteiger partial charge in [-0.15, -0.1) is 0 Å². The smallest absolute Gasteiger partial charge is 0.318 e. The number of rotatable bonds is 10. The number of nitrogens with one attached hydrogen (secondary N) is 1. The molecular weight excluding hydrogens is 330 g/mol. The van der Waals surface area contributed by atoms with Crippen molar-refractivity contribution in [3.8, 4) is 12.0 Å². The summed E-state index contributed by atoms with van der Waals surface area (Å²) < 4.78 is 13.1. The van der Waals surface area contributed by atoms with Crippen molar-refractivity contribution in [3.05, 3.63) is 6.20 Å². The molecule has 0 amide bonds. The highest BCUT2D eigenvalue weighted by molar-refractivity contribution is 5.71. The minimum Gasteiger partial charge on any atom is -0.468 e. The lowest BCUT2D eigenvalue weighted by Gasteiger charge is -2.22. The van der Waals surface area contributed by atoms with Gasteiger partial charge in [0.2, 0.25) is 0 Å². The number of unbranched alkanes of at least 4 members (excludes halogenated alkanes) is 2. The normalized spacial score (nSPS) is 17.5. The summed E-state index contributed by atoms with van der Waals surface area (Å²) in [4.78, 5) is 13.3. The molecule has 0 aliphatic carbocycles. The first kappa shape index (κ1) is 18.9. The molecule has 7 nitrogen and oxygen atoms in total. The Morgan fingerprint density at radius 3 is 2.96 bits per heavy atom. The Labute approximate surface area is 155 Å². The number of ether oxygens (including phenoxy) is 2. The molecule has 0 saturated carbocycles. The molecule has 1 fully saturated rings. The summed E-state index contributed by atoms with van der Waals surface area (Å²) in [5, 5.41) is 3.49. The van der Waals surface area contributed by atoms with E-state index in [1.165, 1.54) is 38.8 Å². The Hall–Kier alpha value is -1.89. The lowest BCUT2D eigenvalue weighted by Crippen LogP contribution is -2.29. The van der Waals surface area contributed by atoms with Crippen LogP contribution in [0, 0.1) is 5.92 Å². The molecule has 26 heavy (non-hydrogen) atoms. The van der Waals surface area contributed by atoms with Gasteiger partial charge in [-0.25, -0.2) is 4.98 Å². The minimum absolute atomic E-state index is 0.419. The number of piperidine rings is 1. The fourth-order valence-corrected chi connectivity index (χ4v) is 3.49. The number of aryl methyl sites for hydroxylation is 1. The molecule has 0 radical (unpaired) electrons. The van der Waals surface area contributed by atoms with Crippen LogP contribution in [0.1, 0.15) is 51.9 Å². The molecule has 1 N–H and O–H groups in total. The van der Waals surface area contributed by atoms with Crippen molar-refractivity contribution in [2.24, 2.45) is 5.92 Å². The molecule has 1 aliphatic rings. The summed E-state index contributed by atoms with van der Waals surface area (Å²) in [6.45, 7) is 5.98. The lowest BCUT2D eigenvalue weighted by molar-refractivity contribution is 0.286. The second-order valence-electron chi connectivity index (χ2n) is 7.02. The zero-order chi connectivity index (χ0) is 18.2. The van der Waals surface area contributed by atoms with Crippen LogP contribution in [0.3, 0.4) is 0 Å². The molecule has 1 aliphatic heterocycles. The Balaban J connectivity index is 1.61. The van der Waals surface area contributed by atoms with Crippen LogP contribution in [-0.2, 0) is 6.54 Å². The van der Waals surface area contributed by atoms with Crippen molar-refractivity contribution in [2.75, 3.05) is 26.8 Å². The van der Waals surface area contributed by atoms with Crippen LogP contribution in [0.4, 0.5) is 0 Å². The van der Waals surface area contributed by atoms with E-state index in [0.717, 1.165) is 42.9 Å². The second kappa shape index (κ2) is 9.71. The van der Waals surface area contributed by atoms with E-state index >= 15 is 0 Å². The molecule has 2 aromatic heterocycles. The standard InChI is InChI=1S/C19H31N5O2/c1-3-4-12-26-18-21-14-16-17(23-18)24(19(22-16)25-2)11-6-5-8-15-9-7-10-20-13-15/h14-15,20H,3-13H2,1-2H3. The van der Waals surface area contributed by atoms with Gasteiger partial charge in [-0.1, -0.05) is 19.8 Å². The fraction of sp³-hybridized carbons (Fsp3) is 0.737. The maximum Gasteiger partial charge on any atom is 0.318 e. The molecule has 144 valence electrons. The predicted molar refractivity (Wildman–Crippen MR) is 102 cm³/mol. The Morgan fingerprint density at radius 1 is 1.27 bits per heavy atom. The molecule has 2 aromatic rings. The van der Waals surface area contributed by atoms with Gasteiger partial charge in [0.25, 0.3) is 6.01 Å². The van der Waals surface area contributed by atoms with E-state index in [9.17, 15) is 0 Å². The van der Waals surface area contributed by atoms with Gasteiger partial charge in [0, 0.05) is 6.54 Å². The van der Waals surface area contributed by atoms with E-state index in [2.05, 4.69) is 27.2 Å². The van der Waals surface area contributed by atoms with Crippen LogP contribution in [0.15, 0.2) is 6.20 Å². The van der Waals surface area contributed by atoms with Gasteiger partial charge in [0.1, 0.15) is 5.52 Å². The molecule has 3 rings (SSSR count). The number of fused-ring (bicyclic) bond motifs is 1. The molecule has 1 unspecified atom stereocenters. The molecular formula is C19H31N5O2. The fourth-order valence-electron chi connectivity index (χ4n) is 3.49. The third-order valence-electron chi connectivity index (χ3n) is 4.99. The van der Waals surface area contributed by atoms with E-state index in [4.69, 9.17) is 9.47 Å². The first-order valence-corrected chi connectivity index (χ1v) is 9.92. The third-order valence-corrected chi connectivity index (χ3v) is 4.99. The topological polar surface area (TPSA) is 74.1 Å². The van der Waals surface area contributed by atoms with Crippen LogP contribution >= 0.6 is 0 Å². The molecule has 3 heterocycles. The largest absolute Gasteiger partial charge is 0.468 e. The van der Waals surface area contributed by atoms with Crippen molar-refractivity contribution in [3.63, 3.8) is 0 Å². The maximum atomic E-state index is 5.65. The summed E-state index contributed by atoms with van der Waals surface area (Å²) in [5.74, 6) is 0.825.